The lowest BCUT2D eigenvalue weighted by Crippen LogP contribution is -2.45. The Kier molecular flexibility index (Phi) is 5.71. The van der Waals surface area contributed by atoms with Crippen molar-refractivity contribution in [2.45, 2.75) is 64.6 Å². The molecular formula is C21H30N6O. The summed E-state index contributed by atoms with van der Waals surface area (Å²) in [6.45, 7) is 7.64. The molecule has 0 N–H and O–H groups in total. The molecule has 2 saturated heterocycles. The Labute approximate surface area is 166 Å². The van der Waals surface area contributed by atoms with Crippen molar-refractivity contribution < 1.29 is 4.79 Å². The Morgan fingerprint density at radius 3 is 2.61 bits per heavy atom. The standard InChI is InChI=1S/C21H30N6O/c1-16-7-8-18(17(2)11-16)13-26-14-19(27-15-22-23-24-27)12-20(26)21(28)25-9-5-3-4-6-10-25/h7-8,11,15,19-20H,3-6,9-10,12-14H2,1-2H3/t19-,20-/m0/s1. The number of amides is 1. The molecule has 0 radical (unpaired) electrons. The van der Waals surface area contributed by atoms with Crippen LogP contribution in [0.4, 0.5) is 0 Å². The fourth-order valence-corrected chi connectivity index (χ4v) is 4.58. The van der Waals surface area contributed by atoms with E-state index in [1.165, 1.54) is 29.5 Å². The van der Waals surface area contributed by atoms with E-state index in [-0.39, 0.29) is 18.0 Å². The predicted molar refractivity (Wildman–Crippen MR) is 107 cm³/mol. The molecule has 3 heterocycles. The molecule has 1 amide bonds. The first kappa shape index (κ1) is 19.1. The van der Waals surface area contributed by atoms with Gasteiger partial charge in [0.2, 0.25) is 5.91 Å². The minimum atomic E-state index is -0.104. The van der Waals surface area contributed by atoms with Crippen LogP contribution >= 0.6 is 0 Å². The Hall–Kier alpha value is -2.28. The zero-order valence-corrected chi connectivity index (χ0v) is 16.9. The van der Waals surface area contributed by atoms with E-state index in [4.69, 9.17) is 0 Å². The first-order chi connectivity index (χ1) is 13.6. The summed E-state index contributed by atoms with van der Waals surface area (Å²) in [5.74, 6) is 0.280. The van der Waals surface area contributed by atoms with E-state index in [0.29, 0.717) is 0 Å². The molecule has 0 saturated carbocycles. The van der Waals surface area contributed by atoms with Crippen molar-refractivity contribution in [3.8, 4) is 0 Å². The summed E-state index contributed by atoms with van der Waals surface area (Å²) in [6, 6.07) is 6.61. The first-order valence-electron chi connectivity index (χ1n) is 10.4. The molecule has 1 aromatic carbocycles. The maximum absolute atomic E-state index is 13.4. The van der Waals surface area contributed by atoms with Gasteiger partial charge < -0.3 is 4.90 Å². The summed E-state index contributed by atoms with van der Waals surface area (Å²) >= 11 is 0. The van der Waals surface area contributed by atoms with E-state index in [1.54, 1.807) is 6.33 Å². The normalized spacial score (nSPS) is 23.7. The Bertz CT molecular complexity index is 797. The van der Waals surface area contributed by atoms with Crippen molar-refractivity contribution >= 4 is 5.91 Å². The van der Waals surface area contributed by atoms with Crippen LogP contribution in [-0.2, 0) is 11.3 Å². The van der Waals surface area contributed by atoms with Crippen LogP contribution in [0.15, 0.2) is 24.5 Å². The summed E-state index contributed by atoms with van der Waals surface area (Å²) in [4.78, 5) is 17.9. The Morgan fingerprint density at radius 1 is 1.14 bits per heavy atom. The largest absolute Gasteiger partial charge is 0.341 e. The van der Waals surface area contributed by atoms with Gasteiger partial charge in [0.15, 0.2) is 0 Å². The highest BCUT2D eigenvalue weighted by Crippen LogP contribution is 2.30. The monoisotopic (exact) mass is 382 g/mol. The minimum Gasteiger partial charge on any atom is -0.341 e. The number of carbonyl (C=O) groups is 1. The second-order valence-electron chi connectivity index (χ2n) is 8.29. The zero-order chi connectivity index (χ0) is 19.5. The molecule has 4 rings (SSSR count). The number of benzene rings is 1. The maximum atomic E-state index is 13.4. The summed E-state index contributed by atoms with van der Waals surface area (Å²) in [5.41, 5.74) is 3.84. The van der Waals surface area contributed by atoms with Crippen LogP contribution in [0.3, 0.4) is 0 Å². The number of carbonyl (C=O) groups excluding carboxylic acids is 1. The first-order valence-corrected chi connectivity index (χ1v) is 10.4. The average molecular weight is 383 g/mol. The van der Waals surface area contributed by atoms with Gasteiger partial charge in [-0.1, -0.05) is 36.6 Å². The molecule has 2 aliphatic heterocycles. The van der Waals surface area contributed by atoms with Gasteiger partial charge in [0.25, 0.3) is 0 Å². The number of aromatic nitrogens is 4. The van der Waals surface area contributed by atoms with Gasteiger partial charge in [-0.3, -0.25) is 9.69 Å². The van der Waals surface area contributed by atoms with E-state index in [9.17, 15) is 4.79 Å². The van der Waals surface area contributed by atoms with Gasteiger partial charge in [-0.15, -0.1) is 5.10 Å². The van der Waals surface area contributed by atoms with E-state index in [2.05, 4.69) is 57.4 Å². The van der Waals surface area contributed by atoms with Crippen molar-refractivity contribution in [3.05, 3.63) is 41.2 Å². The van der Waals surface area contributed by atoms with Gasteiger partial charge in [0, 0.05) is 26.2 Å². The Balaban J connectivity index is 1.55. The van der Waals surface area contributed by atoms with Crippen molar-refractivity contribution in [1.82, 2.24) is 30.0 Å². The van der Waals surface area contributed by atoms with Crippen LogP contribution in [0, 0.1) is 13.8 Å². The highest BCUT2D eigenvalue weighted by atomic mass is 16.2. The van der Waals surface area contributed by atoms with E-state index < -0.39 is 0 Å². The lowest BCUT2D eigenvalue weighted by atomic mass is 10.0. The maximum Gasteiger partial charge on any atom is 0.240 e. The van der Waals surface area contributed by atoms with Crippen LogP contribution in [-0.4, -0.2) is 61.6 Å². The van der Waals surface area contributed by atoms with E-state index >= 15 is 0 Å². The van der Waals surface area contributed by atoms with Gasteiger partial charge in [-0.25, -0.2) is 4.68 Å². The van der Waals surface area contributed by atoms with Gasteiger partial charge >= 0.3 is 0 Å². The molecular weight excluding hydrogens is 352 g/mol. The van der Waals surface area contributed by atoms with Gasteiger partial charge in [0.05, 0.1) is 12.1 Å². The Morgan fingerprint density at radius 2 is 1.93 bits per heavy atom. The van der Waals surface area contributed by atoms with Crippen molar-refractivity contribution in [2.75, 3.05) is 19.6 Å². The third kappa shape index (κ3) is 4.09. The topological polar surface area (TPSA) is 67.2 Å². The number of nitrogens with zero attached hydrogens (tertiary/aromatic N) is 6. The van der Waals surface area contributed by atoms with Gasteiger partial charge in [-0.2, -0.15) is 0 Å². The van der Waals surface area contributed by atoms with Gasteiger partial charge in [-0.05, 0) is 54.7 Å². The molecule has 2 atom stereocenters. The lowest BCUT2D eigenvalue weighted by molar-refractivity contribution is -0.136. The average Bonchev–Trinajstić information content (AvgIpc) is 3.27. The molecule has 2 aromatic rings. The molecule has 1 aromatic heterocycles. The second kappa shape index (κ2) is 8.39. The quantitative estimate of drug-likeness (QED) is 0.813. The van der Waals surface area contributed by atoms with Crippen LogP contribution < -0.4 is 0 Å². The number of tetrazole rings is 1. The fourth-order valence-electron chi connectivity index (χ4n) is 4.58. The molecule has 7 nitrogen and oxygen atoms in total. The van der Waals surface area contributed by atoms with Gasteiger partial charge in [0.1, 0.15) is 6.33 Å². The SMILES string of the molecule is Cc1ccc(CN2C[C@@H](n3cnnn3)C[C@H]2C(=O)N2CCCCCC2)c(C)c1. The lowest BCUT2D eigenvalue weighted by Gasteiger charge is -2.29. The van der Waals surface area contributed by atoms with Crippen LogP contribution in [0.1, 0.15) is 54.8 Å². The highest BCUT2D eigenvalue weighted by Gasteiger charge is 2.40. The number of likely N-dealkylation sites (tertiary alicyclic amines) is 2. The number of aryl methyl sites for hydroxylation is 2. The molecule has 0 unspecified atom stereocenters. The zero-order valence-electron chi connectivity index (χ0n) is 16.9. The number of rotatable bonds is 4. The van der Waals surface area contributed by atoms with Crippen molar-refractivity contribution in [3.63, 3.8) is 0 Å². The predicted octanol–water partition coefficient (Wildman–Crippen LogP) is 2.51. The van der Waals surface area contributed by atoms with E-state index in [1.807, 2.05) is 4.68 Å². The minimum absolute atomic E-state index is 0.104. The summed E-state index contributed by atoms with van der Waals surface area (Å²) in [6.07, 6.45) is 7.13. The number of hydrogen-bond acceptors (Lipinski definition) is 5. The number of hydrogen-bond donors (Lipinski definition) is 0. The van der Waals surface area contributed by atoms with Crippen LogP contribution in [0.5, 0.6) is 0 Å². The molecule has 28 heavy (non-hydrogen) atoms. The molecule has 2 fully saturated rings. The van der Waals surface area contributed by atoms with Crippen LogP contribution in [0.25, 0.3) is 0 Å². The molecule has 2 aliphatic rings. The van der Waals surface area contributed by atoms with Crippen LogP contribution in [0.2, 0.25) is 0 Å². The summed E-state index contributed by atoms with van der Waals surface area (Å²) in [5, 5.41) is 11.7. The summed E-state index contributed by atoms with van der Waals surface area (Å²) < 4.78 is 1.81. The molecule has 150 valence electrons. The van der Waals surface area contributed by atoms with Crippen molar-refractivity contribution in [2.24, 2.45) is 0 Å². The smallest absolute Gasteiger partial charge is 0.240 e. The highest BCUT2D eigenvalue weighted by molar-refractivity contribution is 5.82. The third-order valence-electron chi connectivity index (χ3n) is 6.19. The fraction of sp³-hybridized carbons (Fsp3) is 0.619. The van der Waals surface area contributed by atoms with Crippen molar-refractivity contribution in [1.29, 1.82) is 0 Å². The summed E-state index contributed by atoms with van der Waals surface area (Å²) in [7, 11) is 0. The molecule has 0 spiro atoms. The van der Waals surface area contributed by atoms with E-state index in [0.717, 1.165) is 45.4 Å². The third-order valence-corrected chi connectivity index (χ3v) is 6.19. The molecule has 0 aliphatic carbocycles. The molecule has 7 heteroatoms. The second-order valence-corrected chi connectivity index (χ2v) is 8.29. The molecule has 0 bridgehead atoms.